The summed E-state index contributed by atoms with van der Waals surface area (Å²) < 4.78 is 0. The fourth-order valence-electron chi connectivity index (χ4n) is 2.65. The highest BCUT2D eigenvalue weighted by Gasteiger charge is 2.22. The van der Waals surface area contributed by atoms with Gasteiger partial charge in [0.15, 0.2) is 0 Å². The van der Waals surface area contributed by atoms with Crippen molar-refractivity contribution in [3.05, 3.63) is 28.5 Å². The van der Waals surface area contributed by atoms with Crippen LogP contribution in [0.2, 0.25) is 0 Å². The Hall–Kier alpha value is -1.62. The van der Waals surface area contributed by atoms with E-state index in [0.29, 0.717) is 18.9 Å². The molecule has 2 amide bonds. The second-order valence-electron chi connectivity index (χ2n) is 5.74. The molecule has 1 N–H and O–H groups in total. The minimum absolute atomic E-state index is 0.0655. The Kier molecular flexibility index (Phi) is 6.65. The van der Waals surface area contributed by atoms with Gasteiger partial charge >= 0.3 is 0 Å². The highest BCUT2D eigenvalue weighted by Crippen LogP contribution is 2.17. The molecule has 0 bridgehead atoms. The largest absolute Gasteiger partial charge is 0.356 e. The van der Waals surface area contributed by atoms with Crippen molar-refractivity contribution in [2.45, 2.75) is 32.6 Å². The quantitative estimate of drug-likeness (QED) is 0.819. The third kappa shape index (κ3) is 5.30. The van der Waals surface area contributed by atoms with Crippen molar-refractivity contribution in [3.63, 3.8) is 0 Å². The Bertz CT molecular complexity index is 511. The highest BCUT2D eigenvalue weighted by molar-refractivity contribution is 7.08. The van der Waals surface area contributed by atoms with Crippen molar-refractivity contribution >= 4 is 29.2 Å². The van der Waals surface area contributed by atoms with Gasteiger partial charge in [-0.25, -0.2) is 0 Å². The summed E-state index contributed by atoms with van der Waals surface area (Å²) in [7, 11) is 0. The topological polar surface area (TPSA) is 49.4 Å². The van der Waals surface area contributed by atoms with Crippen LogP contribution in [0.15, 0.2) is 22.9 Å². The number of nitrogens with zero attached hydrogens (tertiary/aromatic N) is 1. The lowest BCUT2D eigenvalue weighted by atomic mass is 9.97. The van der Waals surface area contributed by atoms with E-state index in [0.717, 1.165) is 37.9 Å². The first-order valence-electron chi connectivity index (χ1n) is 7.95. The van der Waals surface area contributed by atoms with E-state index in [1.807, 2.05) is 34.7 Å². The summed E-state index contributed by atoms with van der Waals surface area (Å²) in [6.07, 6.45) is 7.05. The molecule has 22 heavy (non-hydrogen) atoms. The van der Waals surface area contributed by atoms with Gasteiger partial charge in [-0.2, -0.15) is 11.3 Å². The van der Waals surface area contributed by atoms with E-state index in [1.54, 1.807) is 17.4 Å². The third-order valence-electron chi connectivity index (χ3n) is 3.86. The van der Waals surface area contributed by atoms with Crippen molar-refractivity contribution in [1.29, 1.82) is 0 Å². The van der Waals surface area contributed by atoms with Crippen LogP contribution in [-0.4, -0.2) is 36.3 Å². The predicted molar refractivity (Wildman–Crippen MR) is 90.6 cm³/mol. The molecule has 0 unspecified atom stereocenters. The fraction of sp³-hybridized carbons (Fsp3) is 0.529. The van der Waals surface area contributed by atoms with Crippen LogP contribution in [0.3, 0.4) is 0 Å². The van der Waals surface area contributed by atoms with Gasteiger partial charge in [-0.05, 0) is 53.6 Å². The summed E-state index contributed by atoms with van der Waals surface area (Å²) in [5.41, 5.74) is 1.07. The summed E-state index contributed by atoms with van der Waals surface area (Å²) >= 11 is 1.62. The van der Waals surface area contributed by atoms with Gasteiger partial charge in [0.25, 0.3) is 0 Å². The van der Waals surface area contributed by atoms with E-state index in [1.165, 1.54) is 0 Å². The minimum Gasteiger partial charge on any atom is -0.356 e. The van der Waals surface area contributed by atoms with Crippen molar-refractivity contribution in [2.75, 3.05) is 19.6 Å². The molecule has 1 aliphatic rings. The van der Waals surface area contributed by atoms with E-state index < -0.39 is 0 Å². The number of carbonyl (C=O) groups excluding carboxylic acids is 2. The third-order valence-corrected chi connectivity index (χ3v) is 4.56. The molecule has 5 heteroatoms. The van der Waals surface area contributed by atoms with Gasteiger partial charge in [0, 0.05) is 32.1 Å². The monoisotopic (exact) mass is 320 g/mol. The van der Waals surface area contributed by atoms with E-state index in [4.69, 9.17) is 0 Å². The summed E-state index contributed by atoms with van der Waals surface area (Å²) in [5.74, 6) is 0.548. The van der Waals surface area contributed by atoms with Crippen LogP contribution in [0.4, 0.5) is 0 Å². The zero-order chi connectivity index (χ0) is 15.8. The lowest BCUT2D eigenvalue weighted by Gasteiger charge is -2.32. The summed E-state index contributed by atoms with van der Waals surface area (Å²) in [4.78, 5) is 25.7. The van der Waals surface area contributed by atoms with Crippen molar-refractivity contribution < 1.29 is 9.59 Å². The molecule has 0 aliphatic carbocycles. The number of piperidine rings is 1. The molecule has 0 aromatic carbocycles. The average molecular weight is 320 g/mol. The molecule has 1 atom stereocenters. The van der Waals surface area contributed by atoms with Gasteiger partial charge in [0.05, 0.1) is 0 Å². The molecule has 1 aliphatic heterocycles. The maximum absolute atomic E-state index is 12.2. The normalized spacial score (nSPS) is 18.6. The molecule has 2 rings (SSSR count). The molecule has 0 radical (unpaired) electrons. The smallest absolute Gasteiger partial charge is 0.246 e. The molecule has 1 saturated heterocycles. The number of hydrogen-bond acceptors (Lipinski definition) is 3. The van der Waals surface area contributed by atoms with Crippen LogP contribution in [0.25, 0.3) is 6.08 Å². The molecular formula is C17H24N2O2S. The van der Waals surface area contributed by atoms with Crippen LogP contribution >= 0.6 is 11.3 Å². The van der Waals surface area contributed by atoms with Gasteiger partial charge in [-0.3, -0.25) is 9.59 Å². The van der Waals surface area contributed by atoms with Crippen LogP contribution in [0, 0.1) is 5.92 Å². The van der Waals surface area contributed by atoms with Crippen LogP contribution in [-0.2, 0) is 9.59 Å². The van der Waals surface area contributed by atoms with E-state index in [9.17, 15) is 9.59 Å². The standard InChI is InChI=1S/C17H24N2O2S/c1-2-4-16(20)18-11-15-5-3-9-19(12-15)17(21)7-6-14-8-10-22-13-14/h6-8,10,13,15H,2-5,9,11-12H2,1H3,(H,18,20)/b7-6-/t15-/m0/s1. The first kappa shape index (κ1) is 16.7. The molecular weight excluding hydrogens is 296 g/mol. The maximum Gasteiger partial charge on any atom is 0.246 e. The highest BCUT2D eigenvalue weighted by atomic mass is 32.1. The molecule has 120 valence electrons. The zero-order valence-corrected chi connectivity index (χ0v) is 13.9. The number of carbonyl (C=O) groups is 2. The lowest BCUT2D eigenvalue weighted by molar-refractivity contribution is -0.127. The Morgan fingerprint density at radius 1 is 1.50 bits per heavy atom. The van der Waals surface area contributed by atoms with Crippen molar-refractivity contribution in [2.24, 2.45) is 5.92 Å². The van der Waals surface area contributed by atoms with E-state index in [-0.39, 0.29) is 11.8 Å². The van der Waals surface area contributed by atoms with Crippen molar-refractivity contribution in [1.82, 2.24) is 10.2 Å². The van der Waals surface area contributed by atoms with Crippen molar-refractivity contribution in [3.8, 4) is 0 Å². The second kappa shape index (κ2) is 8.73. The van der Waals surface area contributed by atoms with Crippen LogP contribution in [0.5, 0.6) is 0 Å². The number of hydrogen-bond donors (Lipinski definition) is 1. The fourth-order valence-corrected chi connectivity index (χ4v) is 3.28. The van der Waals surface area contributed by atoms with Gasteiger partial charge in [0.2, 0.25) is 11.8 Å². The molecule has 0 spiro atoms. The summed E-state index contributed by atoms with van der Waals surface area (Å²) in [6.45, 7) is 4.22. The maximum atomic E-state index is 12.2. The number of rotatable bonds is 6. The number of thiophene rings is 1. The first-order chi connectivity index (χ1) is 10.7. The first-order valence-corrected chi connectivity index (χ1v) is 8.89. The Morgan fingerprint density at radius 3 is 3.09 bits per heavy atom. The van der Waals surface area contributed by atoms with Gasteiger partial charge in [-0.1, -0.05) is 6.92 Å². The van der Waals surface area contributed by atoms with Gasteiger partial charge < -0.3 is 10.2 Å². The average Bonchev–Trinajstić information content (AvgIpc) is 3.04. The number of likely N-dealkylation sites (tertiary alicyclic amines) is 1. The molecule has 1 fully saturated rings. The summed E-state index contributed by atoms with van der Waals surface area (Å²) in [5, 5.41) is 6.99. The van der Waals surface area contributed by atoms with Crippen LogP contribution < -0.4 is 5.32 Å². The molecule has 1 aromatic heterocycles. The van der Waals surface area contributed by atoms with Gasteiger partial charge in [-0.15, -0.1) is 0 Å². The number of nitrogens with one attached hydrogen (secondary N) is 1. The minimum atomic E-state index is 0.0655. The molecule has 1 aromatic rings. The van der Waals surface area contributed by atoms with Crippen LogP contribution in [0.1, 0.15) is 38.2 Å². The second-order valence-corrected chi connectivity index (χ2v) is 6.52. The number of amides is 2. The predicted octanol–water partition coefficient (Wildman–Crippen LogP) is 2.92. The lowest BCUT2D eigenvalue weighted by Crippen LogP contribution is -2.43. The van der Waals surface area contributed by atoms with Gasteiger partial charge in [0.1, 0.15) is 0 Å². The molecule has 2 heterocycles. The Labute approximate surface area is 136 Å². The summed E-state index contributed by atoms with van der Waals surface area (Å²) in [6, 6.07) is 2.00. The molecule has 4 nitrogen and oxygen atoms in total. The molecule has 0 saturated carbocycles. The van der Waals surface area contributed by atoms with E-state index in [2.05, 4.69) is 5.32 Å². The Balaban J connectivity index is 1.79. The SMILES string of the molecule is CCCC(=O)NC[C@@H]1CCCN(C(=O)/C=C\c2ccsc2)C1. The van der Waals surface area contributed by atoms with E-state index >= 15 is 0 Å². The zero-order valence-electron chi connectivity index (χ0n) is 13.1. The Morgan fingerprint density at radius 2 is 2.36 bits per heavy atom.